The molecule has 0 radical (unpaired) electrons. The van der Waals surface area contributed by atoms with Crippen molar-refractivity contribution in [1.82, 2.24) is 0 Å². The Hall–Kier alpha value is -3.41. The second-order valence-corrected chi connectivity index (χ2v) is 17.8. The predicted molar refractivity (Wildman–Crippen MR) is 279 cm³/mol. The van der Waals surface area contributed by atoms with Crippen molar-refractivity contribution in [2.45, 2.75) is 258 Å². The molecule has 0 N–H and O–H groups in total. The van der Waals surface area contributed by atoms with Gasteiger partial charge in [0.05, 0.1) is 0 Å². The molecule has 1 atom stereocenters. The maximum atomic E-state index is 12.8. The van der Waals surface area contributed by atoms with E-state index < -0.39 is 6.10 Å². The first-order valence-corrected chi connectivity index (χ1v) is 27.1. The number of unbranched alkanes of at least 4 members (excludes halogenated alkanes) is 23. The van der Waals surface area contributed by atoms with Crippen LogP contribution in [0.15, 0.2) is 85.1 Å². The Morgan fingerprint density at radius 2 is 0.600 bits per heavy atom. The Kier molecular flexibility index (Phi) is 50.4. The zero-order valence-electron chi connectivity index (χ0n) is 42.5. The summed E-state index contributed by atoms with van der Waals surface area (Å²) in [4.78, 5) is 38.0. The van der Waals surface area contributed by atoms with Crippen LogP contribution in [0.2, 0.25) is 0 Å². The van der Waals surface area contributed by atoms with E-state index in [2.05, 4.69) is 106 Å². The molecule has 0 aliphatic carbocycles. The molecule has 0 saturated carbocycles. The zero-order valence-corrected chi connectivity index (χ0v) is 42.5. The first kappa shape index (κ1) is 61.6. The molecule has 0 aromatic heterocycles. The third-order valence-electron chi connectivity index (χ3n) is 11.4. The largest absolute Gasteiger partial charge is 0.462 e. The Morgan fingerprint density at radius 3 is 0.985 bits per heavy atom. The lowest BCUT2D eigenvalue weighted by molar-refractivity contribution is -0.167. The van der Waals surface area contributed by atoms with Gasteiger partial charge in [-0.25, -0.2) is 0 Å². The van der Waals surface area contributed by atoms with Gasteiger partial charge in [-0.05, 0) is 96.3 Å². The van der Waals surface area contributed by atoms with E-state index in [9.17, 15) is 14.4 Å². The summed E-state index contributed by atoms with van der Waals surface area (Å²) in [5, 5.41) is 0. The van der Waals surface area contributed by atoms with Crippen molar-refractivity contribution in [1.29, 1.82) is 0 Å². The van der Waals surface area contributed by atoms with Crippen LogP contribution in [0.5, 0.6) is 0 Å². The van der Waals surface area contributed by atoms with Gasteiger partial charge in [-0.3, -0.25) is 14.4 Å². The summed E-state index contributed by atoms with van der Waals surface area (Å²) in [5.74, 6) is -0.939. The van der Waals surface area contributed by atoms with E-state index in [0.29, 0.717) is 19.3 Å². The van der Waals surface area contributed by atoms with E-state index >= 15 is 0 Å². The summed E-state index contributed by atoms with van der Waals surface area (Å²) in [6.07, 6.45) is 68.5. The molecule has 6 nitrogen and oxygen atoms in total. The fourth-order valence-electron chi connectivity index (χ4n) is 7.32. The number of hydrogen-bond donors (Lipinski definition) is 0. The van der Waals surface area contributed by atoms with Gasteiger partial charge in [-0.1, -0.05) is 221 Å². The summed E-state index contributed by atoms with van der Waals surface area (Å²) in [6.45, 7) is 6.46. The van der Waals surface area contributed by atoms with Gasteiger partial charge in [0, 0.05) is 19.3 Å². The summed E-state index contributed by atoms with van der Waals surface area (Å²) >= 11 is 0. The quantitative estimate of drug-likeness (QED) is 0.0262. The van der Waals surface area contributed by atoms with Crippen molar-refractivity contribution < 1.29 is 28.6 Å². The molecule has 0 heterocycles. The van der Waals surface area contributed by atoms with E-state index in [0.717, 1.165) is 122 Å². The Bertz CT molecular complexity index is 1270. The lowest BCUT2D eigenvalue weighted by atomic mass is 10.0. The molecule has 0 aliphatic heterocycles. The molecular weight excluding hydrogens is 805 g/mol. The van der Waals surface area contributed by atoms with Crippen LogP contribution in [0.1, 0.15) is 252 Å². The molecule has 65 heavy (non-hydrogen) atoms. The van der Waals surface area contributed by atoms with Gasteiger partial charge in [-0.15, -0.1) is 0 Å². The Balaban J connectivity index is 4.46. The van der Waals surface area contributed by atoms with Crippen LogP contribution in [0, 0.1) is 0 Å². The second kappa shape index (κ2) is 53.2. The molecular formula is C59H100O6. The Labute approximate surface area is 401 Å². The summed E-state index contributed by atoms with van der Waals surface area (Å²) in [7, 11) is 0. The standard InChI is InChI=1S/C59H100O6/c1-4-7-10-13-16-19-22-25-27-28-29-30-32-34-37-40-43-46-49-52-58(61)64-55-56(54-63-57(60)51-48-45-42-39-36-33-24-21-18-15-12-9-6-3)65-59(62)53-50-47-44-41-38-35-31-26-23-20-17-14-11-8-5-2/h8,11,16-17,19-20,25-27,29-31,34,37,56H,4-7,9-10,12-15,18,21-24,28,32-33,35-36,38-55H2,1-3H3/b11-8-,19-16-,20-17-,27-25-,30-29-,31-26-,37-34-/t56-/m1/s1. The van der Waals surface area contributed by atoms with Crippen LogP contribution in [-0.4, -0.2) is 37.2 Å². The maximum absolute atomic E-state index is 12.8. The summed E-state index contributed by atoms with van der Waals surface area (Å²) < 4.78 is 16.8. The molecule has 6 heteroatoms. The minimum Gasteiger partial charge on any atom is -0.462 e. The summed E-state index contributed by atoms with van der Waals surface area (Å²) in [6, 6.07) is 0. The number of esters is 3. The van der Waals surface area contributed by atoms with Crippen LogP contribution in [-0.2, 0) is 28.6 Å². The molecule has 0 fully saturated rings. The van der Waals surface area contributed by atoms with Crippen LogP contribution in [0.3, 0.4) is 0 Å². The van der Waals surface area contributed by atoms with Crippen LogP contribution in [0.25, 0.3) is 0 Å². The molecule has 0 aromatic rings. The number of carbonyl (C=O) groups is 3. The second-order valence-electron chi connectivity index (χ2n) is 17.8. The van der Waals surface area contributed by atoms with Gasteiger partial charge >= 0.3 is 17.9 Å². The average Bonchev–Trinajstić information content (AvgIpc) is 3.30. The fourth-order valence-corrected chi connectivity index (χ4v) is 7.32. The average molecular weight is 905 g/mol. The molecule has 0 saturated heterocycles. The topological polar surface area (TPSA) is 78.9 Å². The minimum atomic E-state index is -0.797. The maximum Gasteiger partial charge on any atom is 0.306 e. The van der Waals surface area contributed by atoms with Gasteiger partial charge < -0.3 is 14.2 Å². The van der Waals surface area contributed by atoms with Gasteiger partial charge in [-0.2, -0.15) is 0 Å². The molecule has 0 aromatic carbocycles. The molecule has 0 amide bonds. The highest BCUT2D eigenvalue weighted by Crippen LogP contribution is 2.15. The van der Waals surface area contributed by atoms with Crippen LogP contribution in [0.4, 0.5) is 0 Å². The van der Waals surface area contributed by atoms with E-state index in [1.807, 2.05) is 0 Å². The number of hydrogen-bond acceptors (Lipinski definition) is 6. The summed E-state index contributed by atoms with van der Waals surface area (Å²) in [5.41, 5.74) is 0. The number of ether oxygens (including phenoxy) is 3. The third-order valence-corrected chi connectivity index (χ3v) is 11.4. The fraction of sp³-hybridized carbons (Fsp3) is 0.712. The normalized spacial score (nSPS) is 12.7. The van der Waals surface area contributed by atoms with Crippen molar-refractivity contribution >= 4 is 17.9 Å². The highest BCUT2D eigenvalue weighted by molar-refractivity contribution is 5.71. The number of rotatable bonds is 48. The van der Waals surface area contributed by atoms with Gasteiger partial charge in [0.1, 0.15) is 13.2 Å². The van der Waals surface area contributed by atoms with Crippen molar-refractivity contribution in [3.8, 4) is 0 Å². The van der Waals surface area contributed by atoms with Crippen molar-refractivity contribution in [2.75, 3.05) is 13.2 Å². The monoisotopic (exact) mass is 905 g/mol. The minimum absolute atomic E-state index is 0.0927. The third kappa shape index (κ3) is 51.4. The van der Waals surface area contributed by atoms with Gasteiger partial charge in [0.15, 0.2) is 6.10 Å². The van der Waals surface area contributed by atoms with E-state index in [1.165, 1.54) is 89.9 Å². The van der Waals surface area contributed by atoms with Gasteiger partial charge in [0.25, 0.3) is 0 Å². The van der Waals surface area contributed by atoms with E-state index in [-0.39, 0.29) is 31.1 Å². The molecule has 0 aliphatic rings. The highest BCUT2D eigenvalue weighted by Gasteiger charge is 2.19. The van der Waals surface area contributed by atoms with Crippen LogP contribution < -0.4 is 0 Å². The SMILES string of the molecule is CC/C=C\C/C=C\C/C=C\CCCCCCCC(=O)O[C@@H](COC(=O)CCCCC/C=C\C/C=C\C/C=C\C/C=C\CCCCC)COC(=O)CCCCCCCCCCCCCCC. The number of allylic oxidation sites excluding steroid dienone is 14. The van der Waals surface area contributed by atoms with E-state index in [4.69, 9.17) is 14.2 Å². The van der Waals surface area contributed by atoms with E-state index in [1.54, 1.807) is 0 Å². The highest BCUT2D eigenvalue weighted by atomic mass is 16.6. The lowest BCUT2D eigenvalue weighted by Crippen LogP contribution is -2.30. The zero-order chi connectivity index (χ0) is 47.2. The van der Waals surface area contributed by atoms with Crippen LogP contribution >= 0.6 is 0 Å². The van der Waals surface area contributed by atoms with Gasteiger partial charge in [0.2, 0.25) is 0 Å². The molecule has 0 bridgehead atoms. The first-order chi connectivity index (χ1) is 32.0. The van der Waals surface area contributed by atoms with Crippen molar-refractivity contribution in [3.05, 3.63) is 85.1 Å². The smallest absolute Gasteiger partial charge is 0.306 e. The first-order valence-electron chi connectivity index (χ1n) is 27.1. The Morgan fingerprint density at radius 1 is 0.323 bits per heavy atom. The van der Waals surface area contributed by atoms with Crippen molar-refractivity contribution in [3.63, 3.8) is 0 Å². The molecule has 0 unspecified atom stereocenters. The number of carbonyl (C=O) groups excluding carboxylic acids is 3. The predicted octanol–water partition coefficient (Wildman–Crippen LogP) is 18.0. The molecule has 372 valence electrons. The molecule has 0 rings (SSSR count). The lowest BCUT2D eigenvalue weighted by Gasteiger charge is -2.18. The van der Waals surface area contributed by atoms with Crippen molar-refractivity contribution in [2.24, 2.45) is 0 Å². The molecule has 0 spiro atoms.